The van der Waals surface area contributed by atoms with Crippen molar-refractivity contribution in [3.05, 3.63) is 65.6 Å². The first-order valence-electron chi connectivity index (χ1n) is 8.81. The van der Waals surface area contributed by atoms with Gasteiger partial charge in [-0.1, -0.05) is 61.1 Å². The lowest BCUT2D eigenvalue weighted by molar-refractivity contribution is 0.487. The molecule has 1 aromatic heterocycles. The Morgan fingerprint density at radius 3 is 3.00 bits per heavy atom. The summed E-state index contributed by atoms with van der Waals surface area (Å²) < 4.78 is 9.37. The van der Waals surface area contributed by atoms with Crippen LogP contribution in [0.1, 0.15) is 57.3 Å². The van der Waals surface area contributed by atoms with E-state index in [2.05, 4.69) is 62.1 Å². The van der Waals surface area contributed by atoms with Crippen LogP contribution >= 0.6 is 11.7 Å². The van der Waals surface area contributed by atoms with E-state index >= 15 is 0 Å². The molecule has 0 amide bonds. The highest BCUT2D eigenvalue weighted by molar-refractivity contribution is 6.99. The molecule has 3 unspecified atom stereocenters. The topological polar surface area (TPSA) is 25.8 Å². The van der Waals surface area contributed by atoms with Gasteiger partial charge in [-0.05, 0) is 44.6 Å². The van der Waals surface area contributed by atoms with E-state index in [1.807, 2.05) is 6.08 Å². The molecule has 2 aliphatic rings. The zero-order valence-electron chi connectivity index (χ0n) is 14.8. The predicted octanol–water partition coefficient (Wildman–Crippen LogP) is 6.09. The second-order valence-corrected chi connectivity index (χ2v) is 7.42. The van der Waals surface area contributed by atoms with Crippen LogP contribution in [0.2, 0.25) is 0 Å². The fourth-order valence-corrected chi connectivity index (χ4v) is 4.40. The van der Waals surface area contributed by atoms with Crippen molar-refractivity contribution < 1.29 is 0 Å². The molecule has 3 atom stereocenters. The molecule has 0 aromatic carbocycles. The van der Waals surface area contributed by atoms with Gasteiger partial charge in [-0.15, -0.1) is 0 Å². The quantitative estimate of drug-likeness (QED) is 0.607. The van der Waals surface area contributed by atoms with Crippen molar-refractivity contribution in [1.82, 2.24) is 8.75 Å². The first-order chi connectivity index (χ1) is 11.6. The molecule has 2 nitrogen and oxygen atoms in total. The fourth-order valence-electron chi connectivity index (χ4n) is 3.77. The van der Waals surface area contributed by atoms with Gasteiger partial charge < -0.3 is 0 Å². The van der Waals surface area contributed by atoms with Gasteiger partial charge in [-0.25, -0.2) is 0 Å². The molecular weight excluding hydrogens is 312 g/mol. The third kappa shape index (κ3) is 3.36. The van der Waals surface area contributed by atoms with Crippen molar-refractivity contribution in [2.75, 3.05) is 0 Å². The van der Waals surface area contributed by atoms with Gasteiger partial charge in [0.25, 0.3) is 0 Å². The number of rotatable bonds is 5. The molecule has 0 saturated heterocycles. The lowest BCUT2D eigenvalue weighted by atomic mass is 9.75. The largest absolute Gasteiger partial charge is 0.177 e. The van der Waals surface area contributed by atoms with E-state index in [4.69, 9.17) is 4.37 Å². The van der Waals surface area contributed by atoms with Crippen LogP contribution in [-0.2, 0) is 0 Å². The van der Waals surface area contributed by atoms with Crippen molar-refractivity contribution in [2.24, 2.45) is 11.8 Å². The van der Waals surface area contributed by atoms with Crippen molar-refractivity contribution in [3.63, 3.8) is 0 Å². The van der Waals surface area contributed by atoms with Crippen molar-refractivity contribution in [1.29, 1.82) is 0 Å². The SMILES string of the molecule is C=C/C(C)=C\C(CC)C1=CCC(C2C=CC=C(C)C2)c2nsnc21. The summed E-state index contributed by atoms with van der Waals surface area (Å²) in [7, 11) is 0. The highest BCUT2D eigenvalue weighted by Gasteiger charge is 2.32. The average Bonchev–Trinajstić information content (AvgIpc) is 3.08. The van der Waals surface area contributed by atoms with Gasteiger partial charge in [0, 0.05) is 11.8 Å². The first kappa shape index (κ1) is 17.1. The van der Waals surface area contributed by atoms with Crippen LogP contribution in [0.3, 0.4) is 0 Å². The molecule has 3 rings (SSSR count). The van der Waals surface area contributed by atoms with Gasteiger partial charge >= 0.3 is 0 Å². The van der Waals surface area contributed by atoms with Gasteiger partial charge in [-0.2, -0.15) is 8.75 Å². The Labute approximate surface area is 149 Å². The molecule has 0 bridgehead atoms. The van der Waals surface area contributed by atoms with E-state index in [0.717, 1.165) is 25.0 Å². The number of aromatic nitrogens is 2. The molecule has 1 heterocycles. The van der Waals surface area contributed by atoms with Crippen LogP contribution in [0.15, 0.2) is 54.2 Å². The molecule has 0 fully saturated rings. The summed E-state index contributed by atoms with van der Waals surface area (Å²) >= 11 is 1.36. The lowest BCUT2D eigenvalue weighted by Gasteiger charge is -2.29. The standard InChI is InChI=1S/C21H26N2S/c1-5-14(3)12-16(6-2)18-10-11-19(21-20(18)22-24-23-21)17-9-7-8-15(4)13-17/h5,7-10,12,16-17,19H,1,6,11,13H2,2-4H3/b14-12-. The maximum absolute atomic E-state index is 4.70. The van der Waals surface area contributed by atoms with Gasteiger partial charge in [0.15, 0.2) is 0 Å². The molecule has 2 aliphatic carbocycles. The zero-order chi connectivity index (χ0) is 17.1. The Morgan fingerprint density at radius 1 is 1.46 bits per heavy atom. The number of hydrogen-bond acceptors (Lipinski definition) is 3. The van der Waals surface area contributed by atoms with Crippen LogP contribution in [-0.4, -0.2) is 8.75 Å². The van der Waals surface area contributed by atoms with Gasteiger partial charge in [-0.3, -0.25) is 0 Å². The van der Waals surface area contributed by atoms with E-state index in [9.17, 15) is 0 Å². The summed E-state index contributed by atoms with van der Waals surface area (Å²) in [6.45, 7) is 10.5. The zero-order valence-corrected chi connectivity index (χ0v) is 15.6. The molecule has 3 heteroatoms. The number of nitrogens with zero attached hydrogens (tertiary/aromatic N) is 2. The van der Waals surface area contributed by atoms with Gasteiger partial charge in [0.1, 0.15) is 5.69 Å². The minimum atomic E-state index is 0.398. The average molecular weight is 339 g/mol. The lowest BCUT2D eigenvalue weighted by Crippen LogP contribution is -2.18. The second kappa shape index (κ2) is 7.43. The second-order valence-electron chi connectivity index (χ2n) is 6.90. The normalized spacial score (nSPS) is 24.9. The van der Waals surface area contributed by atoms with Crippen LogP contribution in [0.25, 0.3) is 5.57 Å². The maximum Gasteiger partial charge on any atom is 0.104 e. The third-order valence-corrected chi connectivity index (χ3v) is 5.71. The molecule has 24 heavy (non-hydrogen) atoms. The summed E-state index contributed by atoms with van der Waals surface area (Å²) in [6, 6.07) is 0. The van der Waals surface area contributed by atoms with E-state index in [0.29, 0.717) is 17.8 Å². The minimum Gasteiger partial charge on any atom is -0.177 e. The van der Waals surface area contributed by atoms with Crippen molar-refractivity contribution in [2.45, 2.75) is 46.0 Å². The van der Waals surface area contributed by atoms with Crippen molar-refractivity contribution >= 4 is 17.3 Å². The molecule has 0 N–H and O–H groups in total. The summed E-state index contributed by atoms with van der Waals surface area (Å²) in [5.41, 5.74) is 6.39. The highest BCUT2D eigenvalue weighted by Crippen LogP contribution is 2.44. The predicted molar refractivity (Wildman–Crippen MR) is 104 cm³/mol. The Balaban J connectivity index is 1.91. The Hall–Kier alpha value is -1.74. The molecule has 0 aliphatic heterocycles. The Bertz CT molecular complexity index is 733. The molecule has 1 aromatic rings. The molecule has 126 valence electrons. The molecule has 0 saturated carbocycles. The van der Waals surface area contributed by atoms with Gasteiger partial charge in [0.05, 0.1) is 17.4 Å². The Kier molecular flexibility index (Phi) is 5.30. The Morgan fingerprint density at radius 2 is 2.29 bits per heavy atom. The van der Waals surface area contributed by atoms with Crippen LogP contribution in [0.5, 0.6) is 0 Å². The first-order valence-corrected chi connectivity index (χ1v) is 9.54. The number of hydrogen-bond donors (Lipinski definition) is 0. The summed E-state index contributed by atoms with van der Waals surface area (Å²) in [5, 5.41) is 0. The minimum absolute atomic E-state index is 0.398. The summed E-state index contributed by atoms with van der Waals surface area (Å²) in [6.07, 6.45) is 16.7. The van der Waals surface area contributed by atoms with E-state index in [-0.39, 0.29) is 0 Å². The van der Waals surface area contributed by atoms with Crippen LogP contribution in [0, 0.1) is 11.8 Å². The van der Waals surface area contributed by atoms with E-state index in [1.165, 1.54) is 34.1 Å². The van der Waals surface area contributed by atoms with Crippen LogP contribution in [0.4, 0.5) is 0 Å². The fraction of sp³-hybridized carbons (Fsp3) is 0.429. The number of fused-ring (bicyclic) bond motifs is 1. The molecule has 0 spiro atoms. The van der Waals surface area contributed by atoms with Crippen LogP contribution < -0.4 is 0 Å². The maximum atomic E-state index is 4.70. The summed E-state index contributed by atoms with van der Waals surface area (Å²) in [5.74, 6) is 1.40. The van der Waals surface area contributed by atoms with Crippen molar-refractivity contribution in [3.8, 4) is 0 Å². The third-order valence-electron chi connectivity index (χ3n) is 5.17. The smallest absolute Gasteiger partial charge is 0.104 e. The molecular formula is C21H26N2S. The van der Waals surface area contributed by atoms with Gasteiger partial charge in [0.2, 0.25) is 0 Å². The highest BCUT2D eigenvalue weighted by atomic mass is 32.1. The number of allylic oxidation sites excluding steroid dienone is 9. The van der Waals surface area contributed by atoms with E-state index in [1.54, 1.807) is 0 Å². The summed E-state index contributed by atoms with van der Waals surface area (Å²) in [4.78, 5) is 0. The monoisotopic (exact) mass is 338 g/mol. The molecule has 0 radical (unpaired) electrons. The van der Waals surface area contributed by atoms with E-state index < -0.39 is 0 Å².